The predicted molar refractivity (Wildman–Crippen MR) is 73.7 cm³/mol. The van der Waals surface area contributed by atoms with E-state index in [0.29, 0.717) is 23.7 Å². The molecule has 1 unspecified atom stereocenters. The van der Waals surface area contributed by atoms with Gasteiger partial charge in [-0.25, -0.2) is 9.69 Å². The molecule has 2 heterocycles. The smallest absolute Gasteiger partial charge is 0.332 e. The van der Waals surface area contributed by atoms with Gasteiger partial charge in [0.15, 0.2) is 0 Å². The summed E-state index contributed by atoms with van der Waals surface area (Å²) in [6.07, 6.45) is 0. The van der Waals surface area contributed by atoms with E-state index in [2.05, 4.69) is 0 Å². The van der Waals surface area contributed by atoms with Crippen molar-refractivity contribution in [2.75, 3.05) is 30.1 Å². The van der Waals surface area contributed by atoms with Gasteiger partial charge in [0.05, 0.1) is 12.8 Å². The molecule has 3 rings (SSSR count). The lowest BCUT2D eigenvalue weighted by atomic mass is 10.2. The van der Waals surface area contributed by atoms with Crippen molar-refractivity contribution < 1.29 is 14.3 Å². The average Bonchev–Trinajstić information content (AvgIpc) is 2.71. The van der Waals surface area contributed by atoms with Crippen molar-refractivity contribution in [3.63, 3.8) is 0 Å². The number of anilines is 1. The van der Waals surface area contributed by atoms with E-state index in [-0.39, 0.29) is 18.0 Å². The average molecular weight is 278 g/mol. The van der Waals surface area contributed by atoms with Crippen LogP contribution in [0.5, 0.6) is 5.75 Å². The molecule has 1 aromatic carbocycles. The minimum Gasteiger partial charge on any atom is -0.495 e. The maximum Gasteiger partial charge on any atom is 0.332 e. The van der Waals surface area contributed by atoms with Crippen LogP contribution in [-0.2, 0) is 4.79 Å². The third kappa shape index (κ3) is 1.87. The van der Waals surface area contributed by atoms with Crippen LogP contribution in [0.15, 0.2) is 24.3 Å². The van der Waals surface area contributed by atoms with Gasteiger partial charge in [0.1, 0.15) is 11.8 Å². The number of carbonyl (C=O) groups excluding carboxylic acids is 2. The Morgan fingerprint density at radius 2 is 2.11 bits per heavy atom. The highest BCUT2D eigenvalue weighted by molar-refractivity contribution is 7.99. The fraction of sp³-hybridized carbons (Fsp3) is 0.385. The van der Waals surface area contributed by atoms with Crippen LogP contribution in [0.1, 0.15) is 0 Å². The molecule has 5 nitrogen and oxygen atoms in total. The third-order valence-electron chi connectivity index (χ3n) is 3.40. The van der Waals surface area contributed by atoms with Crippen LogP contribution in [0.2, 0.25) is 0 Å². The first-order valence-electron chi connectivity index (χ1n) is 6.09. The second-order valence-electron chi connectivity index (χ2n) is 4.41. The Morgan fingerprint density at radius 1 is 1.32 bits per heavy atom. The molecule has 2 aliphatic rings. The van der Waals surface area contributed by atoms with Crippen molar-refractivity contribution >= 4 is 29.4 Å². The number of amides is 3. The Morgan fingerprint density at radius 3 is 2.84 bits per heavy atom. The van der Waals surface area contributed by atoms with Gasteiger partial charge in [-0.15, -0.1) is 0 Å². The van der Waals surface area contributed by atoms with Gasteiger partial charge in [-0.05, 0) is 12.1 Å². The molecule has 2 saturated heterocycles. The monoisotopic (exact) mass is 278 g/mol. The summed E-state index contributed by atoms with van der Waals surface area (Å²) in [6.45, 7) is 0.631. The molecule has 0 aromatic heterocycles. The summed E-state index contributed by atoms with van der Waals surface area (Å²) in [7, 11) is 1.53. The van der Waals surface area contributed by atoms with Gasteiger partial charge in [0.2, 0.25) is 0 Å². The number of fused-ring (bicyclic) bond motifs is 1. The van der Waals surface area contributed by atoms with E-state index in [4.69, 9.17) is 4.74 Å². The zero-order valence-electron chi connectivity index (χ0n) is 10.5. The van der Waals surface area contributed by atoms with Gasteiger partial charge in [-0.2, -0.15) is 11.8 Å². The van der Waals surface area contributed by atoms with Crippen molar-refractivity contribution in [1.82, 2.24) is 4.90 Å². The van der Waals surface area contributed by atoms with E-state index in [0.717, 1.165) is 5.75 Å². The van der Waals surface area contributed by atoms with Gasteiger partial charge in [0.25, 0.3) is 5.91 Å². The van der Waals surface area contributed by atoms with Crippen molar-refractivity contribution in [3.05, 3.63) is 24.3 Å². The minimum absolute atomic E-state index is 0.151. The van der Waals surface area contributed by atoms with Crippen molar-refractivity contribution in [2.45, 2.75) is 6.04 Å². The summed E-state index contributed by atoms with van der Waals surface area (Å²) in [5.41, 5.74) is 0.527. The van der Waals surface area contributed by atoms with Gasteiger partial charge in [-0.1, -0.05) is 12.1 Å². The molecule has 1 atom stereocenters. The van der Waals surface area contributed by atoms with Crippen LogP contribution in [0.3, 0.4) is 0 Å². The second kappa shape index (κ2) is 4.77. The Balaban J connectivity index is 2.00. The molecule has 0 spiro atoms. The first-order valence-corrected chi connectivity index (χ1v) is 7.25. The van der Waals surface area contributed by atoms with E-state index < -0.39 is 0 Å². The molecule has 0 radical (unpaired) electrons. The summed E-state index contributed by atoms with van der Waals surface area (Å²) < 4.78 is 5.24. The number of carbonyl (C=O) groups is 2. The minimum atomic E-state index is -0.323. The molecule has 0 saturated carbocycles. The molecule has 2 fully saturated rings. The number of hydrogen-bond acceptors (Lipinski definition) is 4. The number of benzene rings is 1. The predicted octanol–water partition coefficient (Wildman–Crippen LogP) is 1.58. The molecule has 0 bridgehead atoms. The lowest BCUT2D eigenvalue weighted by Crippen LogP contribution is -2.41. The van der Waals surface area contributed by atoms with Gasteiger partial charge >= 0.3 is 6.03 Å². The quantitative estimate of drug-likeness (QED) is 0.771. The van der Waals surface area contributed by atoms with Gasteiger partial charge < -0.3 is 9.64 Å². The van der Waals surface area contributed by atoms with Crippen molar-refractivity contribution in [1.29, 1.82) is 0 Å². The number of imide groups is 1. The molecule has 100 valence electrons. The molecule has 2 aliphatic heterocycles. The summed E-state index contributed by atoms with van der Waals surface area (Å²) in [6, 6.07) is 6.54. The Hall–Kier alpha value is -1.69. The lowest BCUT2D eigenvalue weighted by molar-refractivity contribution is -0.119. The Kier molecular flexibility index (Phi) is 3.10. The second-order valence-corrected chi connectivity index (χ2v) is 5.56. The van der Waals surface area contributed by atoms with Crippen molar-refractivity contribution in [2.24, 2.45) is 0 Å². The van der Waals surface area contributed by atoms with Crippen molar-refractivity contribution in [3.8, 4) is 5.75 Å². The molecule has 6 heteroatoms. The van der Waals surface area contributed by atoms with E-state index >= 15 is 0 Å². The third-order valence-corrected chi connectivity index (χ3v) is 4.42. The van der Waals surface area contributed by atoms with Crippen LogP contribution >= 0.6 is 11.8 Å². The lowest BCUT2D eigenvalue weighted by Gasteiger charge is -2.25. The number of thioether (sulfide) groups is 1. The van der Waals surface area contributed by atoms with Crippen LogP contribution in [0, 0.1) is 0 Å². The highest BCUT2D eigenvalue weighted by Crippen LogP contribution is 2.34. The molecule has 19 heavy (non-hydrogen) atoms. The fourth-order valence-corrected chi connectivity index (χ4v) is 3.48. The van der Waals surface area contributed by atoms with E-state index in [1.807, 2.05) is 6.07 Å². The number of ether oxygens (including phenoxy) is 1. The van der Waals surface area contributed by atoms with E-state index in [1.54, 1.807) is 34.9 Å². The number of nitrogens with zero attached hydrogens (tertiary/aromatic N) is 2. The fourth-order valence-electron chi connectivity index (χ4n) is 2.45. The molecular weight excluding hydrogens is 264 g/mol. The van der Waals surface area contributed by atoms with Crippen LogP contribution in [0.4, 0.5) is 10.5 Å². The number of methoxy groups -OCH3 is 1. The maximum absolute atomic E-state index is 12.4. The highest BCUT2D eigenvalue weighted by atomic mass is 32.2. The first-order chi connectivity index (χ1) is 9.24. The van der Waals surface area contributed by atoms with Gasteiger partial charge in [-0.3, -0.25) is 4.79 Å². The number of hydrogen-bond donors (Lipinski definition) is 0. The zero-order chi connectivity index (χ0) is 13.4. The van der Waals surface area contributed by atoms with Gasteiger partial charge in [0, 0.05) is 18.1 Å². The number of urea groups is 1. The Bertz CT molecular complexity index is 510. The van der Waals surface area contributed by atoms with Crippen LogP contribution in [-0.4, -0.2) is 48.0 Å². The van der Waals surface area contributed by atoms with E-state index in [9.17, 15) is 9.59 Å². The molecule has 1 aromatic rings. The highest BCUT2D eigenvalue weighted by Gasteiger charge is 2.47. The molecule has 0 aliphatic carbocycles. The molecular formula is C13H14N2O3S. The topological polar surface area (TPSA) is 49.9 Å². The number of para-hydroxylation sites is 2. The standard InChI is InChI=1S/C13H14N2O3S/c1-18-11-5-3-2-4-9(11)15-12(16)10-8-19-7-6-14(10)13(15)17/h2-5,10H,6-8H2,1H3. The summed E-state index contributed by atoms with van der Waals surface area (Å²) in [5, 5.41) is 0. The SMILES string of the molecule is COc1ccccc1N1C(=O)C2CSCCN2C1=O. The Labute approximate surface area is 115 Å². The summed E-state index contributed by atoms with van der Waals surface area (Å²) >= 11 is 1.71. The maximum atomic E-state index is 12.4. The summed E-state index contributed by atoms with van der Waals surface area (Å²) in [4.78, 5) is 27.7. The number of rotatable bonds is 2. The zero-order valence-corrected chi connectivity index (χ0v) is 11.4. The molecule has 3 amide bonds. The first kappa shape index (κ1) is 12.3. The van der Waals surface area contributed by atoms with Crippen LogP contribution < -0.4 is 9.64 Å². The van der Waals surface area contributed by atoms with E-state index in [1.165, 1.54) is 12.0 Å². The van der Waals surface area contributed by atoms with Crippen LogP contribution in [0.25, 0.3) is 0 Å². The summed E-state index contributed by atoms with van der Waals surface area (Å²) in [5.74, 6) is 1.95. The normalized spacial score (nSPS) is 22.7. The largest absolute Gasteiger partial charge is 0.495 e. The molecule has 0 N–H and O–H groups in total.